The number of hydrogen-bond acceptors (Lipinski definition) is 5. The molecular weight excluding hydrogens is 530 g/mol. The fraction of sp³-hybridized carbons (Fsp3) is 0.581. The van der Waals surface area contributed by atoms with Gasteiger partial charge in [-0.25, -0.2) is 0 Å². The van der Waals surface area contributed by atoms with Crippen molar-refractivity contribution in [3.8, 4) is 0 Å². The first-order valence-electron chi connectivity index (χ1n) is 14.7. The zero-order valence-electron chi connectivity index (χ0n) is 23.4. The van der Waals surface area contributed by atoms with E-state index in [4.69, 9.17) is 16.3 Å². The normalized spacial score (nSPS) is 31.4. The number of hydrogen-bond donors (Lipinski definition) is 1. The molecule has 2 fully saturated rings. The predicted octanol–water partition coefficient (Wildman–Crippen LogP) is 3.96. The quantitative estimate of drug-likeness (QED) is 0.340. The van der Waals surface area contributed by atoms with E-state index in [1.807, 2.05) is 55.2 Å². The third-order valence-electron chi connectivity index (χ3n) is 8.97. The van der Waals surface area contributed by atoms with Crippen LogP contribution >= 0.6 is 11.6 Å². The third-order valence-corrected chi connectivity index (χ3v) is 9.29. The second kappa shape index (κ2) is 11.7. The highest BCUT2D eigenvalue weighted by Crippen LogP contribution is 2.58. The van der Waals surface area contributed by atoms with Crippen LogP contribution in [0.3, 0.4) is 0 Å². The maximum Gasteiger partial charge on any atom is 0.253 e. The summed E-state index contributed by atoms with van der Waals surface area (Å²) >= 11 is 6.54. The molecule has 2 saturated heterocycles. The average molecular weight is 570 g/mol. The molecule has 5 atom stereocenters. The summed E-state index contributed by atoms with van der Waals surface area (Å²) in [4.78, 5) is 48.2. The first-order chi connectivity index (χ1) is 19.3. The van der Waals surface area contributed by atoms with Gasteiger partial charge in [0.15, 0.2) is 0 Å². The fourth-order valence-electron chi connectivity index (χ4n) is 7.16. The Bertz CT molecular complexity index is 1200. The highest BCUT2D eigenvalue weighted by Gasteiger charge is 2.75. The molecule has 1 aromatic carbocycles. The summed E-state index contributed by atoms with van der Waals surface area (Å²) < 4.78 is 7.01. The smallest absolute Gasteiger partial charge is 0.253 e. The largest absolute Gasteiger partial charge is 0.396 e. The topological polar surface area (TPSA) is 90.4 Å². The summed E-state index contributed by atoms with van der Waals surface area (Å²) in [5.74, 6) is -2.07. The van der Waals surface area contributed by atoms with E-state index in [-0.39, 0.29) is 30.9 Å². The van der Waals surface area contributed by atoms with Crippen LogP contribution in [0, 0.1) is 11.8 Å². The molecule has 4 aliphatic heterocycles. The van der Waals surface area contributed by atoms with Crippen molar-refractivity contribution in [1.29, 1.82) is 0 Å². The van der Waals surface area contributed by atoms with E-state index in [1.165, 1.54) is 0 Å². The molecule has 4 aliphatic rings. The lowest BCUT2D eigenvalue weighted by Gasteiger charge is -2.38. The Labute approximate surface area is 241 Å². The number of anilines is 1. The Morgan fingerprint density at radius 2 is 1.68 bits per heavy atom. The fourth-order valence-corrected chi connectivity index (χ4v) is 7.39. The molecule has 8 nitrogen and oxygen atoms in total. The lowest BCUT2D eigenvalue weighted by atomic mass is 9.73. The van der Waals surface area contributed by atoms with E-state index in [1.54, 1.807) is 21.9 Å². The van der Waals surface area contributed by atoms with E-state index >= 15 is 0 Å². The molecule has 0 aromatic heterocycles. The maximum atomic E-state index is 14.5. The number of fused-ring (bicyclic) bond motifs is 2. The minimum Gasteiger partial charge on any atom is -0.396 e. The van der Waals surface area contributed by atoms with Crippen LogP contribution in [0.25, 0.3) is 0 Å². The molecule has 0 aliphatic carbocycles. The number of halogens is 1. The van der Waals surface area contributed by atoms with Crippen molar-refractivity contribution in [2.75, 3.05) is 37.7 Å². The molecule has 1 aromatic rings. The number of para-hydroxylation sites is 1. The zero-order chi connectivity index (χ0) is 28.5. The molecule has 4 heterocycles. The van der Waals surface area contributed by atoms with Crippen LogP contribution in [-0.4, -0.2) is 82.7 Å². The van der Waals surface area contributed by atoms with Crippen LogP contribution in [0.4, 0.5) is 5.69 Å². The van der Waals surface area contributed by atoms with Gasteiger partial charge in [0, 0.05) is 32.8 Å². The van der Waals surface area contributed by atoms with Gasteiger partial charge >= 0.3 is 0 Å². The number of benzene rings is 1. The molecule has 3 amide bonds. The Kier molecular flexibility index (Phi) is 8.41. The molecule has 1 unspecified atom stereocenters. The Balaban J connectivity index is 1.60. The van der Waals surface area contributed by atoms with E-state index in [0.717, 1.165) is 19.3 Å². The Morgan fingerprint density at radius 3 is 2.40 bits per heavy atom. The van der Waals surface area contributed by atoms with Gasteiger partial charge in [-0.15, -0.1) is 0 Å². The van der Waals surface area contributed by atoms with Crippen LogP contribution in [0.15, 0.2) is 48.6 Å². The molecule has 9 heteroatoms. The zero-order valence-corrected chi connectivity index (χ0v) is 24.2. The van der Waals surface area contributed by atoms with Gasteiger partial charge in [-0.1, -0.05) is 74.7 Å². The van der Waals surface area contributed by atoms with Gasteiger partial charge < -0.3 is 24.5 Å². The number of aliphatic hydroxyl groups excluding tert-OH is 1. The summed E-state index contributed by atoms with van der Waals surface area (Å²) in [5.41, 5.74) is -1.67. The molecule has 1 spiro atoms. The van der Waals surface area contributed by atoms with Gasteiger partial charge in [0.25, 0.3) is 5.91 Å². The summed E-state index contributed by atoms with van der Waals surface area (Å²) in [6, 6.07) is 6.29. The third kappa shape index (κ3) is 4.58. The highest BCUT2D eigenvalue weighted by atomic mass is 35.5. The standard InChI is InChI=1S/C31H40ClN3O5/c1-3-17-33-18-11-15-30(4-2)24(27(33)37)25-28(38)35(19-9-5-6-10-21-36)26-29(39)34(20-12-16-31(25,26)40-30)23-14-8-7-13-22(23)32/h7-8,11-16,24-26,36H,3-6,9-10,17-21H2,1-2H3/t24-,25-,26?,30+,31-/m0/s1. The van der Waals surface area contributed by atoms with Gasteiger partial charge in [0.05, 0.1) is 28.1 Å². The molecule has 1 N–H and O–H groups in total. The molecule has 0 radical (unpaired) electrons. The van der Waals surface area contributed by atoms with Crippen LogP contribution in [0.1, 0.15) is 52.4 Å². The van der Waals surface area contributed by atoms with Crippen molar-refractivity contribution < 1.29 is 24.2 Å². The van der Waals surface area contributed by atoms with Gasteiger partial charge in [-0.3, -0.25) is 14.4 Å². The summed E-state index contributed by atoms with van der Waals surface area (Å²) in [5, 5.41) is 9.63. The molecular formula is C31H40ClN3O5. The van der Waals surface area contributed by atoms with Gasteiger partial charge in [-0.2, -0.15) is 0 Å². The molecule has 40 heavy (non-hydrogen) atoms. The summed E-state index contributed by atoms with van der Waals surface area (Å²) in [6.45, 7) is 5.88. The van der Waals surface area contributed by atoms with E-state index < -0.39 is 29.1 Å². The van der Waals surface area contributed by atoms with E-state index in [9.17, 15) is 19.5 Å². The number of likely N-dealkylation sites (tertiary alicyclic amines) is 1. The summed E-state index contributed by atoms with van der Waals surface area (Å²) in [7, 11) is 0. The SMILES string of the molecule is CCCN1CC=C[C@@]2(CC)O[C@]34C=CCN(c5ccccc5Cl)C(=O)C3N(CCCCCCO)C(=O)[C@@H]4[C@H]2C1=O. The number of carbonyl (C=O) groups excluding carboxylic acids is 3. The van der Waals surface area contributed by atoms with Crippen molar-refractivity contribution in [3.63, 3.8) is 0 Å². The minimum absolute atomic E-state index is 0.0828. The lowest BCUT2D eigenvalue weighted by Crippen LogP contribution is -2.56. The van der Waals surface area contributed by atoms with Crippen molar-refractivity contribution in [2.24, 2.45) is 11.8 Å². The van der Waals surface area contributed by atoms with Crippen LogP contribution in [0.5, 0.6) is 0 Å². The van der Waals surface area contributed by atoms with Gasteiger partial charge in [0.1, 0.15) is 11.6 Å². The van der Waals surface area contributed by atoms with Crippen molar-refractivity contribution in [1.82, 2.24) is 9.80 Å². The number of amides is 3. The van der Waals surface area contributed by atoms with Crippen LogP contribution < -0.4 is 4.90 Å². The number of aliphatic hydroxyl groups is 1. The second-order valence-corrected chi connectivity index (χ2v) is 11.7. The van der Waals surface area contributed by atoms with E-state index in [0.29, 0.717) is 49.6 Å². The number of carbonyl (C=O) groups is 3. The van der Waals surface area contributed by atoms with E-state index in [2.05, 4.69) is 0 Å². The van der Waals surface area contributed by atoms with Crippen molar-refractivity contribution >= 4 is 35.0 Å². The maximum absolute atomic E-state index is 14.5. The van der Waals surface area contributed by atoms with Crippen LogP contribution in [-0.2, 0) is 19.1 Å². The average Bonchev–Trinajstić information content (AvgIpc) is 3.24. The first kappa shape index (κ1) is 28.8. The molecule has 5 rings (SSSR count). The van der Waals surface area contributed by atoms with Crippen LogP contribution in [0.2, 0.25) is 5.02 Å². The Morgan fingerprint density at radius 1 is 0.925 bits per heavy atom. The first-order valence-corrected chi connectivity index (χ1v) is 15.0. The second-order valence-electron chi connectivity index (χ2n) is 11.3. The highest BCUT2D eigenvalue weighted by molar-refractivity contribution is 6.34. The number of ether oxygens (including phenoxy) is 1. The monoisotopic (exact) mass is 569 g/mol. The van der Waals surface area contributed by atoms with Gasteiger partial charge in [0.2, 0.25) is 11.8 Å². The van der Waals surface area contributed by atoms with Crippen molar-refractivity contribution in [2.45, 2.75) is 69.6 Å². The lowest BCUT2D eigenvalue weighted by molar-refractivity contribution is -0.150. The number of rotatable bonds is 10. The number of unbranched alkanes of at least 4 members (excludes halogenated alkanes) is 3. The Hall–Kier alpha value is -2.68. The molecule has 0 saturated carbocycles. The van der Waals surface area contributed by atoms with Gasteiger partial charge in [-0.05, 0) is 37.8 Å². The van der Waals surface area contributed by atoms with Crippen molar-refractivity contribution in [3.05, 3.63) is 53.6 Å². The predicted molar refractivity (Wildman–Crippen MR) is 154 cm³/mol. The number of nitrogens with zero attached hydrogens (tertiary/aromatic N) is 3. The molecule has 216 valence electrons. The minimum atomic E-state index is -1.27. The summed E-state index contributed by atoms with van der Waals surface area (Å²) in [6.07, 6.45) is 12.1. The molecule has 0 bridgehead atoms.